The lowest BCUT2D eigenvalue weighted by atomic mass is 10.1. The Bertz CT molecular complexity index is 1410. The van der Waals surface area contributed by atoms with Gasteiger partial charge in [0.05, 0.1) is 13.1 Å². The van der Waals surface area contributed by atoms with Crippen LogP contribution in [0.3, 0.4) is 0 Å². The average Bonchev–Trinajstić information content (AvgIpc) is 3.55. The van der Waals surface area contributed by atoms with Crippen LogP contribution in [-0.4, -0.2) is 30.5 Å². The van der Waals surface area contributed by atoms with Gasteiger partial charge in [-0.15, -0.1) is 0 Å². The van der Waals surface area contributed by atoms with E-state index in [0.717, 1.165) is 33.6 Å². The fourth-order valence-electron chi connectivity index (χ4n) is 3.76. The van der Waals surface area contributed by atoms with Crippen molar-refractivity contribution in [1.82, 2.24) is 24.5 Å². The van der Waals surface area contributed by atoms with Crippen molar-refractivity contribution < 1.29 is 4.79 Å². The Morgan fingerprint density at radius 3 is 2.40 bits per heavy atom. The number of nitrogens with one attached hydrogen (secondary N) is 1. The largest absolute Gasteiger partial charge is 0.323 e. The van der Waals surface area contributed by atoms with Gasteiger partial charge >= 0.3 is 0 Å². The second-order valence-electron chi connectivity index (χ2n) is 8.08. The van der Waals surface area contributed by atoms with E-state index >= 15 is 0 Å². The lowest BCUT2D eigenvalue weighted by Gasteiger charge is -2.05. The quantitative estimate of drug-likeness (QED) is 0.335. The van der Waals surface area contributed by atoms with Gasteiger partial charge in [-0.1, -0.05) is 42.5 Å². The number of pyridine rings is 1. The molecule has 1 N–H and O–H groups in total. The molecule has 172 valence electrons. The van der Waals surface area contributed by atoms with Gasteiger partial charge in [-0.25, -0.2) is 0 Å². The van der Waals surface area contributed by atoms with Crippen molar-refractivity contribution in [2.45, 2.75) is 13.1 Å². The Labute approximate surface area is 203 Å². The minimum atomic E-state index is -0.210. The van der Waals surface area contributed by atoms with Gasteiger partial charge < -0.3 is 5.32 Å². The zero-order valence-corrected chi connectivity index (χ0v) is 19.0. The predicted molar refractivity (Wildman–Crippen MR) is 136 cm³/mol. The van der Waals surface area contributed by atoms with Crippen LogP contribution in [0.4, 0.5) is 5.69 Å². The number of carbonyl (C=O) groups is 1. The monoisotopic (exact) mass is 460 g/mol. The zero-order chi connectivity index (χ0) is 23.9. The Kier molecular flexibility index (Phi) is 6.57. The van der Waals surface area contributed by atoms with Crippen molar-refractivity contribution >= 4 is 17.7 Å². The molecule has 0 atom stereocenters. The molecule has 0 saturated carbocycles. The van der Waals surface area contributed by atoms with E-state index in [1.54, 1.807) is 24.7 Å². The summed E-state index contributed by atoms with van der Waals surface area (Å²) in [6.07, 6.45) is 12.4. The minimum absolute atomic E-state index is 0.210. The summed E-state index contributed by atoms with van der Waals surface area (Å²) in [6.45, 7) is 1.32. The molecule has 5 rings (SSSR count). The van der Waals surface area contributed by atoms with Crippen LogP contribution in [0.1, 0.15) is 16.7 Å². The number of nitrogens with zero attached hydrogens (tertiary/aromatic N) is 5. The maximum Gasteiger partial charge on any atom is 0.248 e. The highest BCUT2D eigenvalue weighted by molar-refractivity contribution is 6.02. The summed E-state index contributed by atoms with van der Waals surface area (Å²) in [4.78, 5) is 16.8. The van der Waals surface area contributed by atoms with E-state index in [2.05, 4.69) is 27.5 Å². The fraction of sp³-hybridized carbons (Fsp3) is 0.0714. The number of amides is 1. The molecule has 0 unspecified atom stereocenters. The molecule has 0 aliphatic rings. The van der Waals surface area contributed by atoms with E-state index in [9.17, 15) is 4.79 Å². The molecular weight excluding hydrogens is 436 g/mol. The van der Waals surface area contributed by atoms with Crippen LogP contribution in [0, 0.1) is 0 Å². The first-order valence-electron chi connectivity index (χ1n) is 11.3. The molecule has 0 fully saturated rings. The normalized spacial score (nSPS) is 11.1. The Hall–Kier alpha value is -4.78. The highest BCUT2D eigenvalue weighted by atomic mass is 16.1. The Balaban J connectivity index is 1.30. The van der Waals surface area contributed by atoms with E-state index in [-0.39, 0.29) is 5.91 Å². The maximum atomic E-state index is 12.6. The molecule has 35 heavy (non-hydrogen) atoms. The van der Waals surface area contributed by atoms with E-state index in [1.807, 2.05) is 82.4 Å². The molecule has 3 heterocycles. The van der Waals surface area contributed by atoms with Crippen LogP contribution < -0.4 is 5.32 Å². The van der Waals surface area contributed by atoms with Gasteiger partial charge in [0.2, 0.25) is 5.91 Å². The van der Waals surface area contributed by atoms with Crippen LogP contribution in [0.25, 0.3) is 17.3 Å². The lowest BCUT2D eigenvalue weighted by molar-refractivity contribution is -0.111. The molecule has 0 aliphatic heterocycles. The highest BCUT2D eigenvalue weighted by Crippen LogP contribution is 2.23. The van der Waals surface area contributed by atoms with Gasteiger partial charge in [0.1, 0.15) is 5.69 Å². The van der Waals surface area contributed by atoms with E-state index in [4.69, 9.17) is 5.10 Å². The summed E-state index contributed by atoms with van der Waals surface area (Å²) in [5.74, 6) is -0.210. The summed E-state index contributed by atoms with van der Waals surface area (Å²) in [7, 11) is 0. The molecule has 5 aromatic rings. The number of benzene rings is 2. The van der Waals surface area contributed by atoms with E-state index < -0.39 is 0 Å². The third kappa shape index (κ3) is 5.78. The van der Waals surface area contributed by atoms with E-state index in [1.165, 1.54) is 6.08 Å². The highest BCUT2D eigenvalue weighted by Gasteiger charge is 2.10. The smallest absolute Gasteiger partial charge is 0.248 e. The Morgan fingerprint density at radius 2 is 1.66 bits per heavy atom. The first kappa shape index (κ1) is 22.0. The van der Waals surface area contributed by atoms with Gasteiger partial charge in [-0.05, 0) is 47.5 Å². The van der Waals surface area contributed by atoms with Gasteiger partial charge in [0, 0.05) is 53.9 Å². The molecule has 1 amide bonds. The first-order chi connectivity index (χ1) is 17.2. The predicted octanol–water partition coefficient (Wildman–Crippen LogP) is 4.89. The fourth-order valence-corrected chi connectivity index (χ4v) is 3.76. The lowest BCUT2D eigenvalue weighted by Crippen LogP contribution is -2.08. The molecule has 7 heteroatoms. The standard InChI is InChI=1S/C28H24N6O/c35-27(31-26-12-9-23(10-13-26)19-33-17-5-16-30-33)14-11-25-21-34(20-22-6-2-1-3-7-22)32-28(25)24-8-4-15-29-18-24/h1-18,21H,19-20H2,(H,31,35)/b14-11+. The topological polar surface area (TPSA) is 77.6 Å². The molecule has 0 bridgehead atoms. The number of hydrogen-bond acceptors (Lipinski definition) is 4. The number of hydrogen-bond donors (Lipinski definition) is 1. The van der Waals surface area contributed by atoms with E-state index in [0.29, 0.717) is 13.1 Å². The third-order valence-electron chi connectivity index (χ3n) is 5.45. The minimum Gasteiger partial charge on any atom is -0.323 e. The molecule has 3 aromatic heterocycles. The van der Waals surface area contributed by atoms with Crippen LogP contribution >= 0.6 is 0 Å². The van der Waals surface area contributed by atoms with Crippen molar-refractivity contribution in [3.8, 4) is 11.3 Å². The molecular formula is C28H24N6O. The number of anilines is 1. The van der Waals surface area contributed by atoms with Gasteiger partial charge in [0.15, 0.2) is 0 Å². The molecule has 0 aliphatic carbocycles. The molecule has 2 aromatic carbocycles. The van der Waals surface area contributed by atoms with Crippen LogP contribution in [-0.2, 0) is 17.9 Å². The molecule has 0 spiro atoms. The number of rotatable bonds is 8. The van der Waals surface area contributed by atoms with Crippen LogP contribution in [0.15, 0.2) is 110 Å². The average molecular weight is 461 g/mol. The SMILES string of the molecule is O=C(/C=C/c1cn(Cc2ccccc2)nc1-c1cccnc1)Nc1ccc(Cn2cccn2)cc1. The zero-order valence-electron chi connectivity index (χ0n) is 19.0. The van der Waals surface area contributed by atoms with Crippen LogP contribution in [0.2, 0.25) is 0 Å². The first-order valence-corrected chi connectivity index (χ1v) is 11.3. The summed E-state index contributed by atoms with van der Waals surface area (Å²) in [5, 5.41) is 11.9. The number of aromatic nitrogens is 5. The van der Waals surface area contributed by atoms with Gasteiger partial charge in [-0.2, -0.15) is 10.2 Å². The second-order valence-corrected chi connectivity index (χ2v) is 8.08. The second kappa shape index (κ2) is 10.4. The summed E-state index contributed by atoms with van der Waals surface area (Å²) >= 11 is 0. The van der Waals surface area contributed by atoms with Crippen LogP contribution in [0.5, 0.6) is 0 Å². The maximum absolute atomic E-state index is 12.6. The van der Waals surface area contributed by atoms with Crippen molar-refractivity contribution in [3.63, 3.8) is 0 Å². The third-order valence-corrected chi connectivity index (χ3v) is 5.45. The van der Waals surface area contributed by atoms with Gasteiger partial charge in [0.25, 0.3) is 0 Å². The van der Waals surface area contributed by atoms with Crippen molar-refractivity contribution in [1.29, 1.82) is 0 Å². The summed E-state index contributed by atoms with van der Waals surface area (Å²) in [5.41, 5.74) is 5.51. The van der Waals surface area contributed by atoms with Crippen molar-refractivity contribution in [3.05, 3.63) is 127 Å². The van der Waals surface area contributed by atoms with Gasteiger partial charge in [-0.3, -0.25) is 19.1 Å². The van der Waals surface area contributed by atoms with Crippen molar-refractivity contribution in [2.75, 3.05) is 5.32 Å². The number of carbonyl (C=O) groups excluding carboxylic acids is 1. The summed E-state index contributed by atoms with van der Waals surface area (Å²) in [6, 6.07) is 23.6. The molecule has 0 radical (unpaired) electrons. The molecule has 0 saturated heterocycles. The molecule has 7 nitrogen and oxygen atoms in total. The van der Waals surface area contributed by atoms with Crippen molar-refractivity contribution in [2.24, 2.45) is 0 Å². The Morgan fingerprint density at radius 1 is 0.857 bits per heavy atom. The summed E-state index contributed by atoms with van der Waals surface area (Å²) < 4.78 is 3.74.